The highest BCUT2D eigenvalue weighted by atomic mass is 16.3. The first-order valence-electron chi connectivity index (χ1n) is 15.5. The number of nitrogens with zero attached hydrogens (tertiary/aromatic N) is 2. The van der Waals surface area contributed by atoms with Crippen molar-refractivity contribution in [2.45, 2.75) is 0 Å². The molecule has 7 aromatic carbocycles. The molecular formula is C43H28N2O. The maximum Gasteiger partial charge on any atom is 0.153 e. The molecule has 0 bridgehead atoms. The minimum Gasteiger partial charge on any atom is -0.454 e. The lowest BCUT2D eigenvalue weighted by Gasteiger charge is -2.29. The molecule has 0 fully saturated rings. The number of rotatable bonds is 5. The lowest BCUT2D eigenvalue weighted by atomic mass is 9.94. The fraction of sp³-hybridized carbons (Fsp3) is 0. The van der Waals surface area contributed by atoms with E-state index in [0.717, 1.165) is 39.0 Å². The van der Waals surface area contributed by atoms with Gasteiger partial charge in [0.2, 0.25) is 0 Å². The molecule has 3 heteroatoms. The standard InChI is InChI=1S/C43H28N2O/c1-3-12-29(13-4-1)31-22-24-38(35-18-9-7-16-33(31)35)45(40-20-11-21-41-43(40)37-26-27-44-28-42(37)46-41)39-25-23-32(30-14-5-2-6-15-30)34-17-8-10-19-36(34)39/h1-28H. The molecule has 0 aliphatic carbocycles. The molecule has 46 heavy (non-hydrogen) atoms. The number of anilines is 3. The zero-order valence-corrected chi connectivity index (χ0v) is 25.0. The molecular weight excluding hydrogens is 560 g/mol. The van der Waals surface area contributed by atoms with Crippen molar-refractivity contribution >= 4 is 60.5 Å². The van der Waals surface area contributed by atoms with Gasteiger partial charge in [0.15, 0.2) is 5.58 Å². The summed E-state index contributed by atoms with van der Waals surface area (Å²) in [5.41, 5.74) is 9.68. The third kappa shape index (κ3) is 4.17. The highest BCUT2D eigenvalue weighted by Gasteiger charge is 2.23. The van der Waals surface area contributed by atoms with Crippen molar-refractivity contribution in [3.05, 3.63) is 170 Å². The van der Waals surface area contributed by atoms with Crippen molar-refractivity contribution in [3.8, 4) is 22.3 Å². The van der Waals surface area contributed by atoms with Crippen LogP contribution in [0.1, 0.15) is 0 Å². The average Bonchev–Trinajstić information content (AvgIpc) is 3.52. The molecule has 0 saturated carbocycles. The lowest BCUT2D eigenvalue weighted by molar-refractivity contribution is 0.667. The molecule has 9 aromatic rings. The van der Waals surface area contributed by atoms with Crippen molar-refractivity contribution in [1.82, 2.24) is 4.98 Å². The summed E-state index contributed by atoms with van der Waals surface area (Å²) in [5.74, 6) is 0. The van der Waals surface area contributed by atoms with Gasteiger partial charge < -0.3 is 9.32 Å². The van der Waals surface area contributed by atoms with Gasteiger partial charge in [0.05, 0.1) is 28.6 Å². The molecule has 2 aromatic heterocycles. The smallest absolute Gasteiger partial charge is 0.153 e. The summed E-state index contributed by atoms with van der Waals surface area (Å²) >= 11 is 0. The largest absolute Gasteiger partial charge is 0.454 e. The average molecular weight is 589 g/mol. The van der Waals surface area contributed by atoms with Crippen LogP contribution in [0.2, 0.25) is 0 Å². The van der Waals surface area contributed by atoms with Crippen LogP contribution in [0.15, 0.2) is 175 Å². The Kier molecular flexibility index (Phi) is 6.14. The molecule has 0 spiro atoms. The zero-order valence-electron chi connectivity index (χ0n) is 25.0. The maximum absolute atomic E-state index is 6.35. The van der Waals surface area contributed by atoms with Crippen LogP contribution >= 0.6 is 0 Å². The maximum atomic E-state index is 6.35. The molecule has 0 atom stereocenters. The third-order valence-corrected chi connectivity index (χ3v) is 8.97. The minimum atomic E-state index is 0.776. The summed E-state index contributed by atoms with van der Waals surface area (Å²) in [4.78, 5) is 6.77. The molecule has 0 aliphatic rings. The van der Waals surface area contributed by atoms with Crippen molar-refractivity contribution in [2.24, 2.45) is 0 Å². The van der Waals surface area contributed by atoms with Gasteiger partial charge in [-0.05, 0) is 63.4 Å². The fourth-order valence-corrected chi connectivity index (χ4v) is 6.93. The second-order valence-electron chi connectivity index (χ2n) is 11.5. The summed E-state index contributed by atoms with van der Waals surface area (Å²) in [6.45, 7) is 0. The van der Waals surface area contributed by atoms with Crippen LogP contribution in [0.5, 0.6) is 0 Å². The minimum absolute atomic E-state index is 0.776. The molecule has 0 radical (unpaired) electrons. The first-order valence-corrected chi connectivity index (χ1v) is 15.5. The highest BCUT2D eigenvalue weighted by Crippen LogP contribution is 2.48. The van der Waals surface area contributed by atoms with Crippen LogP contribution in [0.25, 0.3) is 65.7 Å². The van der Waals surface area contributed by atoms with E-state index in [1.807, 2.05) is 12.3 Å². The van der Waals surface area contributed by atoms with E-state index in [9.17, 15) is 0 Å². The molecule has 0 amide bonds. The predicted molar refractivity (Wildman–Crippen MR) is 192 cm³/mol. The van der Waals surface area contributed by atoms with Crippen LogP contribution < -0.4 is 4.90 Å². The molecule has 0 N–H and O–H groups in total. The van der Waals surface area contributed by atoms with Crippen molar-refractivity contribution < 1.29 is 4.42 Å². The van der Waals surface area contributed by atoms with E-state index in [-0.39, 0.29) is 0 Å². The number of hydrogen-bond donors (Lipinski definition) is 0. The number of furan rings is 1. The monoisotopic (exact) mass is 588 g/mol. The molecule has 3 nitrogen and oxygen atoms in total. The number of hydrogen-bond acceptors (Lipinski definition) is 3. The van der Waals surface area contributed by atoms with Gasteiger partial charge in [-0.2, -0.15) is 0 Å². The van der Waals surface area contributed by atoms with Gasteiger partial charge in [-0.1, -0.05) is 127 Å². The summed E-state index contributed by atoms with van der Waals surface area (Å²) in [7, 11) is 0. The zero-order chi connectivity index (χ0) is 30.5. The van der Waals surface area contributed by atoms with Crippen molar-refractivity contribution in [3.63, 3.8) is 0 Å². The summed E-state index contributed by atoms with van der Waals surface area (Å²) in [6.07, 6.45) is 3.64. The molecule has 9 rings (SSSR count). The van der Waals surface area contributed by atoms with Crippen molar-refractivity contribution in [2.75, 3.05) is 4.90 Å². The lowest BCUT2D eigenvalue weighted by Crippen LogP contribution is -2.12. The first kappa shape index (κ1) is 26.2. The normalized spacial score (nSPS) is 11.5. The number of aromatic nitrogens is 1. The second kappa shape index (κ2) is 10.8. The topological polar surface area (TPSA) is 29.3 Å². The van der Waals surface area contributed by atoms with Gasteiger partial charge in [0, 0.05) is 22.4 Å². The Morgan fingerprint density at radius 1 is 0.391 bits per heavy atom. The molecule has 216 valence electrons. The van der Waals surface area contributed by atoms with Crippen LogP contribution in [-0.2, 0) is 0 Å². The van der Waals surface area contributed by atoms with E-state index in [1.165, 1.54) is 43.8 Å². The van der Waals surface area contributed by atoms with Crippen LogP contribution in [0.4, 0.5) is 17.1 Å². The Morgan fingerprint density at radius 2 is 0.935 bits per heavy atom. The fourth-order valence-electron chi connectivity index (χ4n) is 6.93. The molecule has 0 unspecified atom stereocenters. The number of benzene rings is 7. The van der Waals surface area contributed by atoms with Gasteiger partial charge in [-0.3, -0.25) is 4.98 Å². The molecule has 2 heterocycles. The predicted octanol–water partition coefficient (Wildman–Crippen LogP) is 12.1. The Bertz CT molecular complexity index is 2410. The molecule has 0 saturated heterocycles. The Hall–Kier alpha value is -6.19. The van der Waals surface area contributed by atoms with Crippen molar-refractivity contribution in [1.29, 1.82) is 0 Å². The van der Waals surface area contributed by atoms with E-state index in [0.29, 0.717) is 0 Å². The van der Waals surface area contributed by atoms with Crippen LogP contribution in [0, 0.1) is 0 Å². The van der Waals surface area contributed by atoms with Gasteiger partial charge in [-0.15, -0.1) is 0 Å². The van der Waals surface area contributed by atoms with E-state index < -0.39 is 0 Å². The second-order valence-corrected chi connectivity index (χ2v) is 11.5. The van der Waals surface area contributed by atoms with E-state index in [4.69, 9.17) is 4.42 Å². The number of fused-ring (bicyclic) bond motifs is 5. The van der Waals surface area contributed by atoms with Gasteiger partial charge in [-0.25, -0.2) is 0 Å². The van der Waals surface area contributed by atoms with E-state index >= 15 is 0 Å². The van der Waals surface area contributed by atoms with Gasteiger partial charge in [0.25, 0.3) is 0 Å². The van der Waals surface area contributed by atoms with Gasteiger partial charge >= 0.3 is 0 Å². The summed E-state index contributed by atoms with van der Waals surface area (Å²) < 4.78 is 6.35. The third-order valence-electron chi connectivity index (χ3n) is 8.97. The number of pyridine rings is 1. The van der Waals surface area contributed by atoms with Crippen LogP contribution in [-0.4, -0.2) is 4.98 Å². The van der Waals surface area contributed by atoms with Gasteiger partial charge in [0.1, 0.15) is 5.58 Å². The van der Waals surface area contributed by atoms with Crippen LogP contribution in [0.3, 0.4) is 0 Å². The quantitative estimate of drug-likeness (QED) is 0.200. The SMILES string of the molecule is c1ccc(-c2ccc(N(c3ccc(-c4ccccc4)c4ccccc34)c3cccc4oc5cnccc5c34)c3ccccc23)cc1. The van der Waals surface area contributed by atoms with E-state index in [2.05, 4.69) is 162 Å². The van der Waals surface area contributed by atoms with E-state index in [1.54, 1.807) is 6.20 Å². The Balaban J connectivity index is 1.39. The summed E-state index contributed by atoms with van der Waals surface area (Å²) in [5, 5.41) is 6.86. The Morgan fingerprint density at radius 3 is 1.52 bits per heavy atom. The summed E-state index contributed by atoms with van der Waals surface area (Å²) in [6, 6.07) is 56.2. The Labute approximate surface area is 266 Å². The first-order chi connectivity index (χ1) is 22.8. The highest BCUT2D eigenvalue weighted by molar-refractivity contribution is 6.17. The molecule has 0 aliphatic heterocycles.